The molecule has 76 valence electrons. The minimum absolute atomic E-state index is 0.00926. The van der Waals surface area contributed by atoms with Gasteiger partial charge in [0.2, 0.25) is 0 Å². The number of hydrogen-bond acceptors (Lipinski definition) is 3. The molecule has 0 aliphatic carbocycles. The van der Waals surface area contributed by atoms with Gasteiger partial charge in [0.15, 0.2) is 5.92 Å². The molecule has 0 bridgehead atoms. The lowest BCUT2D eigenvalue weighted by Gasteiger charge is -2.09. The van der Waals surface area contributed by atoms with Crippen molar-refractivity contribution in [2.45, 2.75) is 19.8 Å². The molecule has 0 aromatic heterocycles. The average molecular weight is 192 g/mol. The molecule has 13 heavy (non-hydrogen) atoms. The summed E-state index contributed by atoms with van der Waals surface area (Å²) in [7, 11) is 0. The van der Waals surface area contributed by atoms with Gasteiger partial charge in [-0.2, -0.15) is 0 Å². The lowest BCUT2D eigenvalue weighted by atomic mass is 10.0. The molecule has 0 amide bonds. The number of halogens is 1. The van der Waals surface area contributed by atoms with E-state index in [0.717, 1.165) is 0 Å². The molecule has 0 aliphatic rings. The van der Waals surface area contributed by atoms with E-state index in [2.05, 4.69) is 4.74 Å². The zero-order valence-corrected chi connectivity index (χ0v) is 7.46. The molecule has 1 atom stereocenters. The van der Waals surface area contributed by atoms with Crippen LogP contribution >= 0.6 is 0 Å². The fraction of sp³-hybridized carbons (Fsp3) is 0.750. The number of carbonyl (C=O) groups excluding carboxylic acids is 1. The second kappa shape index (κ2) is 6.39. The monoisotopic (exact) mass is 192 g/mol. The molecule has 0 saturated carbocycles. The normalized spacial score (nSPS) is 12.2. The van der Waals surface area contributed by atoms with Gasteiger partial charge >= 0.3 is 11.9 Å². The van der Waals surface area contributed by atoms with Crippen molar-refractivity contribution in [1.29, 1.82) is 0 Å². The van der Waals surface area contributed by atoms with Crippen LogP contribution in [0.5, 0.6) is 0 Å². The van der Waals surface area contributed by atoms with Gasteiger partial charge in [0.05, 0.1) is 13.3 Å². The zero-order chi connectivity index (χ0) is 10.3. The van der Waals surface area contributed by atoms with Crippen molar-refractivity contribution in [2.75, 3.05) is 13.3 Å². The van der Waals surface area contributed by atoms with Crippen molar-refractivity contribution < 1.29 is 23.8 Å². The Hall–Kier alpha value is -1.13. The van der Waals surface area contributed by atoms with Crippen LogP contribution in [0.15, 0.2) is 0 Å². The number of rotatable bonds is 6. The van der Waals surface area contributed by atoms with Crippen LogP contribution in [0, 0.1) is 5.92 Å². The van der Waals surface area contributed by atoms with E-state index in [-0.39, 0.29) is 19.4 Å². The lowest BCUT2D eigenvalue weighted by Crippen LogP contribution is -2.26. The predicted octanol–water partition coefficient (Wildman–Crippen LogP) is 1.00. The number of ether oxygens (including phenoxy) is 1. The maximum absolute atomic E-state index is 11.7. The lowest BCUT2D eigenvalue weighted by molar-refractivity contribution is -0.158. The Bertz CT molecular complexity index is 181. The second-order valence-electron chi connectivity index (χ2n) is 2.47. The van der Waals surface area contributed by atoms with Crippen LogP contribution in [0.1, 0.15) is 19.8 Å². The highest BCUT2D eigenvalue weighted by Crippen LogP contribution is 2.09. The zero-order valence-electron chi connectivity index (χ0n) is 7.46. The van der Waals surface area contributed by atoms with Gasteiger partial charge in [0.1, 0.15) is 0 Å². The summed E-state index contributed by atoms with van der Waals surface area (Å²) in [6, 6.07) is 0. The summed E-state index contributed by atoms with van der Waals surface area (Å²) in [4.78, 5) is 21.5. The minimum atomic E-state index is -1.26. The van der Waals surface area contributed by atoms with E-state index in [4.69, 9.17) is 5.11 Å². The van der Waals surface area contributed by atoms with Crippen molar-refractivity contribution >= 4 is 11.9 Å². The quantitative estimate of drug-likeness (QED) is 0.503. The summed E-state index contributed by atoms with van der Waals surface area (Å²) < 4.78 is 16.2. The number of carbonyl (C=O) groups is 2. The van der Waals surface area contributed by atoms with E-state index in [1.54, 1.807) is 6.92 Å². The molecule has 0 saturated heterocycles. The molecule has 1 N–H and O–H groups in total. The highest BCUT2D eigenvalue weighted by atomic mass is 19.1. The van der Waals surface area contributed by atoms with Gasteiger partial charge < -0.3 is 9.84 Å². The second-order valence-corrected chi connectivity index (χ2v) is 2.47. The van der Waals surface area contributed by atoms with Gasteiger partial charge in [0.25, 0.3) is 0 Å². The molecule has 0 aromatic rings. The highest BCUT2D eigenvalue weighted by molar-refractivity contribution is 5.93. The van der Waals surface area contributed by atoms with Crippen LogP contribution < -0.4 is 0 Å². The Morgan fingerprint density at radius 1 is 1.54 bits per heavy atom. The first-order valence-electron chi connectivity index (χ1n) is 4.08. The minimum Gasteiger partial charge on any atom is -0.481 e. The van der Waals surface area contributed by atoms with Crippen molar-refractivity contribution in [1.82, 2.24) is 0 Å². The van der Waals surface area contributed by atoms with Gasteiger partial charge in [0, 0.05) is 0 Å². The molecular formula is C8H13FO4. The first kappa shape index (κ1) is 11.9. The Balaban J connectivity index is 4.07. The first-order valence-corrected chi connectivity index (χ1v) is 4.08. The standard InChI is InChI=1S/C8H13FO4/c1-2-13-8(12)6(7(10)11)4-3-5-9/h6H,2-5H2,1H3,(H,10,11). The van der Waals surface area contributed by atoms with Crippen molar-refractivity contribution in [3.63, 3.8) is 0 Å². The highest BCUT2D eigenvalue weighted by Gasteiger charge is 2.26. The molecular weight excluding hydrogens is 179 g/mol. The van der Waals surface area contributed by atoms with E-state index in [9.17, 15) is 14.0 Å². The number of hydrogen-bond donors (Lipinski definition) is 1. The maximum Gasteiger partial charge on any atom is 0.320 e. The number of aliphatic carboxylic acids is 1. The topological polar surface area (TPSA) is 63.6 Å². The summed E-state index contributed by atoms with van der Waals surface area (Å²) in [5, 5.41) is 8.57. The average Bonchev–Trinajstić information content (AvgIpc) is 2.05. The Labute approximate surface area is 75.7 Å². The molecule has 1 unspecified atom stereocenters. The van der Waals surface area contributed by atoms with Crippen LogP contribution in [-0.2, 0) is 14.3 Å². The third-order valence-corrected chi connectivity index (χ3v) is 1.50. The maximum atomic E-state index is 11.7. The number of carboxylic acids is 1. The number of carboxylic acid groups (broad SMARTS) is 1. The van der Waals surface area contributed by atoms with E-state index in [1.165, 1.54) is 0 Å². The molecule has 0 rings (SSSR count). The van der Waals surface area contributed by atoms with Crippen LogP contribution in [-0.4, -0.2) is 30.3 Å². The third kappa shape index (κ3) is 4.45. The molecule has 0 radical (unpaired) electrons. The number of alkyl halides is 1. The molecule has 0 spiro atoms. The smallest absolute Gasteiger partial charge is 0.320 e. The van der Waals surface area contributed by atoms with E-state index in [0.29, 0.717) is 0 Å². The van der Waals surface area contributed by atoms with Crippen LogP contribution in [0.4, 0.5) is 4.39 Å². The molecule has 0 heterocycles. The first-order chi connectivity index (χ1) is 6.13. The number of esters is 1. The van der Waals surface area contributed by atoms with Crippen molar-refractivity contribution in [3.05, 3.63) is 0 Å². The third-order valence-electron chi connectivity index (χ3n) is 1.50. The summed E-state index contributed by atoms with van der Waals surface area (Å²) in [5.41, 5.74) is 0. The molecule has 0 aliphatic heterocycles. The largest absolute Gasteiger partial charge is 0.481 e. The Morgan fingerprint density at radius 3 is 2.54 bits per heavy atom. The van der Waals surface area contributed by atoms with E-state index < -0.39 is 24.5 Å². The summed E-state index contributed by atoms with van der Waals surface area (Å²) in [6.45, 7) is 1.10. The van der Waals surface area contributed by atoms with Gasteiger partial charge in [-0.1, -0.05) is 0 Å². The van der Waals surface area contributed by atoms with Crippen LogP contribution in [0.25, 0.3) is 0 Å². The van der Waals surface area contributed by atoms with E-state index >= 15 is 0 Å². The Kier molecular flexibility index (Phi) is 5.84. The SMILES string of the molecule is CCOC(=O)C(CCCF)C(=O)O. The molecule has 5 heteroatoms. The Morgan fingerprint density at radius 2 is 2.15 bits per heavy atom. The van der Waals surface area contributed by atoms with Gasteiger partial charge in [-0.3, -0.25) is 14.0 Å². The fourth-order valence-corrected chi connectivity index (χ4v) is 0.866. The molecule has 0 aromatic carbocycles. The van der Waals surface area contributed by atoms with Crippen molar-refractivity contribution in [3.8, 4) is 0 Å². The van der Waals surface area contributed by atoms with E-state index in [1.807, 2.05) is 0 Å². The summed E-state index contributed by atoms with van der Waals surface area (Å²) >= 11 is 0. The predicted molar refractivity (Wildman–Crippen MR) is 43.0 cm³/mol. The summed E-state index contributed by atoms with van der Waals surface area (Å²) in [5.74, 6) is -3.27. The van der Waals surface area contributed by atoms with Gasteiger partial charge in [-0.15, -0.1) is 0 Å². The molecule has 0 fully saturated rings. The fourth-order valence-electron chi connectivity index (χ4n) is 0.866. The van der Waals surface area contributed by atoms with Gasteiger partial charge in [-0.05, 0) is 19.8 Å². The van der Waals surface area contributed by atoms with Crippen LogP contribution in [0.2, 0.25) is 0 Å². The van der Waals surface area contributed by atoms with Crippen molar-refractivity contribution in [2.24, 2.45) is 5.92 Å². The molecule has 4 nitrogen and oxygen atoms in total. The summed E-state index contributed by atoms with van der Waals surface area (Å²) in [6.07, 6.45) is 0.0560. The van der Waals surface area contributed by atoms with Crippen LogP contribution in [0.3, 0.4) is 0 Å². The van der Waals surface area contributed by atoms with Gasteiger partial charge in [-0.25, -0.2) is 0 Å².